The number of unbranched alkanes of at least 4 members (excludes halogenated alkanes) is 4. The highest BCUT2D eigenvalue weighted by Crippen LogP contribution is 1.99. The average molecular weight is 155 g/mol. The van der Waals surface area contributed by atoms with E-state index in [1.165, 1.54) is 32.1 Å². The van der Waals surface area contributed by atoms with Crippen LogP contribution in [0.2, 0.25) is 0 Å². The molecule has 2 N–H and O–H groups in total. The lowest BCUT2D eigenvalue weighted by Crippen LogP contribution is -1.96. The van der Waals surface area contributed by atoms with E-state index in [1.54, 1.807) is 0 Å². The molecule has 0 aromatic carbocycles. The zero-order valence-electron chi connectivity index (χ0n) is 7.68. The summed E-state index contributed by atoms with van der Waals surface area (Å²) in [6.45, 7) is 3.06. The topological polar surface area (TPSA) is 26.0 Å². The molecule has 0 rings (SSSR count). The van der Waals surface area contributed by atoms with Crippen molar-refractivity contribution in [3.63, 3.8) is 0 Å². The van der Waals surface area contributed by atoms with Crippen LogP contribution in [0.4, 0.5) is 0 Å². The molecule has 0 saturated heterocycles. The summed E-state index contributed by atoms with van der Waals surface area (Å²) >= 11 is 0. The third-order valence-electron chi connectivity index (χ3n) is 1.72. The summed E-state index contributed by atoms with van der Waals surface area (Å²) in [6, 6.07) is 0. The van der Waals surface area contributed by atoms with Gasteiger partial charge in [0.15, 0.2) is 0 Å². The molecule has 0 amide bonds. The number of allylic oxidation sites excluding steroid dienone is 2. The van der Waals surface area contributed by atoms with E-state index in [0.717, 1.165) is 13.0 Å². The lowest BCUT2D eigenvalue weighted by Gasteiger charge is -1.91. The third kappa shape index (κ3) is 9.70. The number of hydrogen-bond donors (Lipinski definition) is 1. The van der Waals surface area contributed by atoms with Gasteiger partial charge in [0, 0.05) is 0 Å². The van der Waals surface area contributed by atoms with Gasteiger partial charge in [-0.05, 0) is 32.2 Å². The minimum Gasteiger partial charge on any atom is -0.330 e. The van der Waals surface area contributed by atoms with Gasteiger partial charge in [0.1, 0.15) is 0 Å². The van der Waals surface area contributed by atoms with Gasteiger partial charge in [-0.25, -0.2) is 0 Å². The number of hydrogen-bond acceptors (Lipinski definition) is 1. The second kappa shape index (κ2) is 9.70. The van der Waals surface area contributed by atoms with E-state index in [-0.39, 0.29) is 0 Å². The van der Waals surface area contributed by atoms with Crippen LogP contribution in [0.3, 0.4) is 0 Å². The summed E-state index contributed by atoms with van der Waals surface area (Å²) in [5.74, 6) is 0. The van der Waals surface area contributed by atoms with Crippen LogP contribution >= 0.6 is 0 Å². The van der Waals surface area contributed by atoms with Crippen LogP contribution in [0.25, 0.3) is 0 Å². The summed E-state index contributed by atoms with van der Waals surface area (Å²) < 4.78 is 0. The van der Waals surface area contributed by atoms with Gasteiger partial charge in [-0.1, -0.05) is 31.9 Å². The quantitative estimate of drug-likeness (QED) is 0.444. The zero-order chi connectivity index (χ0) is 8.36. The third-order valence-corrected chi connectivity index (χ3v) is 1.72. The molecule has 66 valence electrons. The Balaban J connectivity index is 2.91. The van der Waals surface area contributed by atoms with Crippen molar-refractivity contribution in [1.29, 1.82) is 0 Å². The van der Waals surface area contributed by atoms with Gasteiger partial charge in [0.25, 0.3) is 0 Å². The fourth-order valence-corrected chi connectivity index (χ4v) is 0.964. The Bertz CT molecular complexity index is 86.9. The van der Waals surface area contributed by atoms with Gasteiger partial charge >= 0.3 is 0 Å². The summed E-state index contributed by atoms with van der Waals surface area (Å²) in [5, 5.41) is 0. The Morgan fingerprint density at radius 1 is 1.00 bits per heavy atom. The minimum atomic E-state index is 0.836. The molecule has 0 radical (unpaired) electrons. The van der Waals surface area contributed by atoms with Crippen LogP contribution in [0.1, 0.15) is 45.4 Å². The Hall–Kier alpha value is -0.300. The van der Waals surface area contributed by atoms with E-state index >= 15 is 0 Å². The van der Waals surface area contributed by atoms with E-state index in [0.29, 0.717) is 0 Å². The van der Waals surface area contributed by atoms with Crippen molar-refractivity contribution < 1.29 is 0 Å². The van der Waals surface area contributed by atoms with Crippen LogP contribution in [0.15, 0.2) is 12.2 Å². The molecular formula is C10H21N. The van der Waals surface area contributed by atoms with Crippen molar-refractivity contribution in [2.45, 2.75) is 45.4 Å². The molecule has 0 aromatic heterocycles. The SMILES string of the molecule is CCCC/C=C\CCCCN. The molecule has 0 unspecified atom stereocenters. The molecule has 0 heterocycles. The molecule has 0 atom stereocenters. The zero-order valence-corrected chi connectivity index (χ0v) is 7.68. The van der Waals surface area contributed by atoms with Crippen molar-refractivity contribution in [3.8, 4) is 0 Å². The summed E-state index contributed by atoms with van der Waals surface area (Å²) in [4.78, 5) is 0. The minimum absolute atomic E-state index is 0.836. The van der Waals surface area contributed by atoms with E-state index in [2.05, 4.69) is 19.1 Å². The predicted molar refractivity (Wildman–Crippen MR) is 51.6 cm³/mol. The van der Waals surface area contributed by atoms with Crippen molar-refractivity contribution in [1.82, 2.24) is 0 Å². The maximum Gasteiger partial charge on any atom is -0.00772 e. The van der Waals surface area contributed by atoms with Gasteiger partial charge in [0.05, 0.1) is 0 Å². The van der Waals surface area contributed by atoms with Crippen LogP contribution in [-0.2, 0) is 0 Å². The standard InChI is InChI=1S/C10H21N/c1-2-3-4-5-6-7-8-9-10-11/h5-6H,2-4,7-11H2,1H3/b6-5-. The predicted octanol–water partition coefficient (Wildman–Crippen LogP) is 2.86. The summed E-state index contributed by atoms with van der Waals surface area (Å²) in [6.07, 6.45) is 12.1. The monoisotopic (exact) mass is 155 g/mol. The Labute approximate surface area is 70.7 Å². The van der Waals surface area contributed by atoms with E-state index < -0.39 is 0 Å². The molecule has 0 saturated carbocycles. The van der Waals surface area contributed by atoms with E-state index in [1.807, 2.05) is 0 Å². The Morgan fingerprint density at radius 2 is 1.64 bits per heavy atom. The van der Waals surface area contributed by atoms with Gasteiger partial charge in [-0.3, -0.25) is 0 Å². The first-order valence-corrected chi connectivity index (χ1v) is 4.77. The maximum absolute atomic E-state index is 5.37. The molecule has 1 heteroatoms. The van der Waals surface area contributed by atoms with Crippen molar-refractivity contribution in [3.05, 3.63) is 12.2 Å². The highest BCUT2D eigenvalue weighted by molar-refractivity contribution is 4.80. The molecule has 0 spiro atoms. The lowest BCUT2D eigenvalue weighted by atomic mass is 10.2. The van der Waals surface area contributed by atoms with E-state index in [9.17, 15) is 0 Å². The fraction of sp³-hybridized carbons (Fsp3) is 0.800. The number of nitrogens with two attached hydrogens (primary N) is 1. The first-order valence-electron chi connectivity index (χ1n) is 4.77. The van der Waals surface area contributed by atoms with Crippen molar-refractivity contribution in [2.75, 3.05) is 6.54 Å². The molecule has 0 bridgehead atoms. The molecule has 0 aliphatic rings. The molecule has 0 aromatic rings. The van der Waals surface area contributed by atoms with Crippen LogP contribution < -0.4 is 5.73 Å². The number of rotatable bonds is 7. The Morgan fingerprint density at radius 3 is 2.18 bits per heavy atom. The molecule has 11 heavy (non-hydrogen) atoms. The Kier molecular flexibility index (Phi) is 9.44. The first-order chi connectivity index (χ1) is 5.41. The highest BCUT2D eigenvalue weighted by atomic mass is 14.5. The molecular weight excluding hydrogens is 134 g/mol. The normalized spacial score (nSPS) is 11.1. The van der Waals surface area contributed by atoms with Gasteiger partial charge in [-0.15, -0.1) is 0 Å². The lowest BCUT2D eigenvalue weighted by molar-refractivity contribution is 0.753. The van der Waals surface area contributed by atoms with Crippen molar-refractivity contribution >= 4 is 0 Å². The fourth-order valence-electron chi connectivity index (χ4n) is 0.964. The summed E-state index contributed by atoms with van der Waals surface area (Å²) in [7, 11) is 0. The second-order valence-electron chi connectivity index (χ2n) is 2.90. The second-order valence-corrected chi connectivity index (χ2v) is 2.90. The highest BCUT2D eigenvalue weighted by Gasteiger charge is 1.81. The van der Waals surface area contributed by atoms with Crippen LogP contribution in [-0.4, -0.2) is 6.54 Å². The van der Waals surface area contributed by atoms with Gasteiger partial charge < -0.3 is 5.73 Å². The largest absolute Gasteiger partial charge is 0.330 e. The molecule has 0 aliphatic heterocycles. The smallest absolute Gasteiger partial charge is 0.00772 e. The van der Waals surface area contributed by atoms with Crippen LogP contribution in [0.5, 0.6) is 0 Å². The molecule has 1 nitrogen and oxygen atoms in total. The van der Waals surface area contributed by atoms with Crippen molar-refractivity contribution in [2.24, 2.45) is 5.73 Å². The van der Waals surface area contributed by atoms with Crippen LogP contribution in [0, 0.1) is 0 Å². The van der Waals surface area contributed by atoms with Gasteiger partial charge in [0.2, 0.25) is 0 Å². The van der Waals surface area contributed by atoms with Gasteiger partial charge in [-0.2, -0.15) is 0 Å². The molecule has 0 fully saturated rings. The summed E-state index contributed by atoms with van der Waals surface area (Å²) in [5.41, 5.74) is 5.37. The average Bonchev–Trinajstić information content (AvgIpc) is 2.03. The maximum atomic E-state index is 5.37. The first kappa shape index (κ1) is 10.7. The van der Waals surface area contributed by atoms with E-state index in [4.69, 9.17) is 5.73 Å². The molecule has 0 aliphatic carbocycles.